The van der Waals surface area contributed by atoms with Gasteiger partial charge in [0.1, 0.15) is 0 Å². The summed E-state index contributed by atoms with van der Waals surface area (Å²) in [4.78, 5) is 40.6. The molecule has 5 heteroatoms. The number of hydrogen-bond acceptors (Lipinski definition) is 3. The Morgan fingerprint density at radius 3 is 2.76 bits per heavy atom. The van der Waals surface area contributed by atoms with Gasteiger partial charge in [0.15, 0.2) is 5.78 Å². The third-order valence-corrected chi connectivity index (χ3v) is 4.16. The van der Waals surface area contributed by atoms with E-state index in [-0.39, 0.29) is 11.4 Å². The largest absolute Gasteiger partial charge is 0.353 e. The normalized spacial score (nSPS) is 17.5. The molecule has 0 atom stereocenters. The van der Waals surface area contributed by atoms with Crippen LogP contribution in [0.1, 0.15) is 18.2 Å². The maximum absolute atomic E-state index is 12.1. The predicted octanol–water partition coefficient (Wildman–Crippen LogP) is 1.44. The first kappa shape index (κ1) is 12.1. The van der Waals surface area contributed by atoms with E-state index in [2.05, 4.69) is 4.98 Å². The number of Topliss-reactive ketones (excluding diaryl/α,β-unsaturated/α-hetero) is 2. The van der Waals surface area contributed by atoms with Crippen molar-refractivity contribution in [3.63, 3.8) is 0 Å². The number of amides is 1. The summed E-state index contributed by atoms with van der Waals surface area (Å²) in [5, 5.41) is 1.08. The van der Waals surface area contributed by atoms with Crippen LogP contribution >= 0.6 is 0 Å². The van der Waals surface area contributed by atoms with Crippen LogP contribution in [0.5, 0.6) is 0 Å². The van der Waals surface area contributed by atoms with Gasteiger partial charge in [0.05, 0.1) is 17.0 Å². The van der Waals surface area contributed by atoms with Crippen LogP contribution in [-0.2, 0) is 20.8 Å². The minimum atomic E-state index is -0.691. The highest BCUT2D eigenvalue weighted by Gasteiger charge is 2.44. The van der Waals surface area contributed by atoms with Crippen LogP contribution in [0.15, 0.2) is 29.8 Å². The first-order chi connectivity index (χ1) is 10.1. The smallest absolute Gasteiger partial charge is 0.299 e. The zero-order valence-corrected chi connectivity index (χ0v) is 11.4. The molecule has 0 spiro atoms. The van der Waals surface area contributed by atoms with Crippen LogP contribution in [0, 0.1) is 0 Å². The summed E-state index contributed by atoms with van der Waals surface area (Å²) >= 11 is 0. The van der Waals surface area contributed by atoms with E-state index in [9.17, 15) is 14.4 Å². The van der Waals surface area contributed by atoms with Crippen LogP contribution in [0.2, 0.25) is 0 Å². The molecule has 0 bridgehead atoms. The molecule has 5 nitrogen and oxygen atoms in total. The molecule has 1 aromatic carbocycles. The molecule has 2 aliphatic rings. The van der Waals surface area contributed by atoms with Gasteiger partial charge < -0.3 is 9.88 Å². The lowest BCUT2D eigenvalue weighted by Crippen LogP contribution is -2.33. The lowest BCUT2D eigenvalue weighted by atomic mass is 9.99. The standard InChI is InChI=1S/C16H12N2O3/c1-8(19)12-14-13-10(6-7-18(14)16(21)15(12)20)9-4-2-3-5-11(9)17-13/h2-5,17H,6-7H2,1H3. The summed E-state index contributed by atoms with van der Waals surface area (Å²) in [6, 6.07) is 7.83. The van der Waals surface area contributed by atoms with Crippen molar-refractivity contribution in [2.45, 2.75) is 13.3 Å². The lowest BCUT2D eigenvalue weighted by Gasteiger charge is -2.25. The van der Waals surface area contributed by atoms with Gasteiger partial charge in [-0.3, -0.25) is 14.4 Å². The second-order valence-corrected chi connectivity index (χ2v) is 5.34. The zero-order valence-electron chi connectivity index (χ0n) is 11.4. The summed E-state index contributed by atoms with van der Waals surface area (Å²) < 4.78 is 0. The third-order valence-electron chi connectivity index (χ3n) is 4.16. The summed E-state index contributed by atoms with van der Waals surface area (Å²) in [6.07, 6.45) is 0.674. The average molecular weight is 280 g/mol. The Morgan fingerprint density at radius 2 is 2.00 bits per heavy atom. The van der Waals surface area contributed by atoms with Gasteiger partial charge in [-0.05, 0) is 25.0 Å². The van der Waals surface area contributed by atoms with Crippen molar-refractivity contribution in [3.8, 4) is 0 Å². The number of fused-ring (bicyclic) bond motifs is 5. The van der Waals surface area contributed by atoms with E-state index < -0.39 is 11.7 Å². The quantitative estimate of drug-likeness (QED) is 0.634. The number of para-hydroxylation sites is 1. The molecule has 21 heavy (non-hydrogen) atoms. The highest BCUT2D eigenvalue weighted by molar-refractivity contribution is 6.55. The molecule has 0 fully saturated rings. The Balaban J connectivity index is 2.08. The fourth-order valence-corrected chi connectivity index (χ4v) is 3.26. The maximum Gasteiger partial charge on any atom is 0.299 e. The van der Waals surface area contributed by atoms with E-state index in [0.29, 0.717) is 18.7 Å². The van der Waals surface area contributed by atoms with Crippen LogP contribution in [0.4, 0.5) is 0 Å². The van der Waals surface area contributed by atoms with E-state index in [1.54, 1.807) is 0 Å². The third kappa shape index (κ3) is 1.43. The molecule has 3 heterocycles. The van der Waals surface area contributed by atoms with Crippen LogP contribution in [-0.4, -0.2) is 33.9 Å². The second-order valence-electron chi connectivity index (χ2n) is 5.34. The van der Waals surface area contributed by atoms with E-state index in [1.807, 2.05) is 24.3 Å². The molecule has 0 unspecified atom stereocenters. The average Bonchev–Trinajstić information content (AvgIpc) is 2.96. The van der Waals surface area contributed by atoms with Gasteiger partial charge in [0.25, 0.3) is 11.7 Å². The molecule has 0 radical (unpaired) electrons. The lowest BCUT2D eigenvalue weighted by molar-refractivity contribution is -0.139. The van der Waals surface area contributed by atoms with Gasteiger partial charge in [-0.15, -0.1) is 0 Å². The van der Waals surface area contributed by atoms with E-state index >= 15 is 0 Å². The Kier molecular flexibility index (Phi) is 2.25. The molecule has 0 saturated heterocycles. The molecule has 1 amide bonds. The topological polar surface area (TPSA) is 70.2 Å². The zero-order chi connectivity index (χ0) is 14.7. The molecular formula is C16H12N2O3. The summed E-state index contributed by atoms with van der Waals surface area (Å²) in [6.45, 7) is 1.76. The maximum atomic E-state index is 12.1. The van der Waals surface area contributed by atoms with Crippen molar-refractivity contribution in [3.05, 3.63) is 41.1 Å². The minimum absolute atomic E-state index is 0.00695. The Bertz CT molecular complexity index is 873. The number of benzene rings is 1. The van der Waals surface area contributed by atoms with Crippen LogP contribution < -0.4 is 0 Å². The first-order valence-electron chi connectivity index (χ1n) is 6.81. The molecule has 0 saturated carbocycles. The van der Waals surface area contributed by atoms with Gasteiger partial charge >= 0.3 is 0 Å². The molecule has 1 N–H and O–H groups in total. The Hall–Kier alpha value is -2.69. The van der Waals surface area contributed by atoms with E-state index in [0.717, 1.165) is 22.2 Å². The molecule has 104 valence electrons. The summed E-state index contributed by atoms with van der Waals surface area (Å²) in [7, 11) is 0. The number of aromatic nitrogens is 1. The SMILES string of the molecule is CC(=O)C1=C2c3[nH]c4ccccc4c3CCN2C(=O)C1=O. The number of nitrogens with zero attached hydrogens (tertiary/aromatic N) is 1. The van der Waals surface area contributed by atoms with Gasteiger partial charge in [0, 0.05) is 17.4 Å². The number of H-pyrrole nitrogens is 1. The molecule has 1 aromatic heterocycles. The number of ketones is 2. The summed E-state index contributed by atoms with van der Waals surface area (Å²) in [5.74, 6) is -1.65. The molecule has 4 rings (SSSR count). The Morgan fingerprint density at radius 1 is 1.24 bits per heavy atom. The molecular weight excluding hydrogens is 268 g/mol. The van der Waals surface area contributed by atoms with Gasteiger partial charge in [-0.2, -0.15) is 0 Å². The number of aromatic amines is 1. The highest BCUT2D eigenvalue weighted by atomic mass is 16.2. The number of hydrogen-bond donors (Lipinski definition) is 1. The van der Waals surface area contributed by atoms with E-state index in [4.69, 9.17) is 0 Å². The fourth-order valence-electron chi connectivity index (χ4n) is 3.26. The van der Waals surface area contributed by atoms with Crippen molar-refractivity contribution < 1.29 is 14.4 Å². The second kappa shape index (κ2) is 3.91. The predicted molar refractivity (Wildman–Crippen MR) is 76.3 cm³/mol. The Labute approximate surface area is 120 Å². The van der Waals surface area contributed by atoms with E-state index in [1.165, 1.54) is 11.8 Å². The van der Waals surface area contributed by atoms with Crippen molar-refractivity contribution >= 4 is 34.1 Å². The van der Waals surface area contributed by atoms with Gasteiger partial charge in [-0.25, -0.2) is 0 Å². The minimum Gasteiger partial charge on any atom is -0.353 e. The molecule has 2 aliphatic heterocycles. The van der Waals surface area contributed by atoms with Crippen molar-refractivity contribution in [1.82, 2.24) is 9.88 Å². The fraction of sp³-hybridized carbons (Fsp3) is 0.188. The van der Waals surface area contributed by atoms with Crippen LogP contribution in [0.25, 0.3) is 16.6 Å². The highest BCUT2D eigenvalue weighted by Crippen LogP contribution is 2.39. The van der Waals surface area contributed by atoms with Crippen molar-refractivity contribution in [1.29, 1.82) is 0 Å². The number of carbonyl (C=O) groups is 3. The molecule has 0 aliphatic carbocycles. The van der Waals surface area contributed by atoms with Crippen molar-refractivity contribution in [2.24, 2.45) is 0 Å². The monoisotopic (exact) mass is 280 g/mol. The van der Waals surface area contributed by atoms with Gasteiger partial charge in [-0.1, -0.05) is 18.2 Å². The van der Waals surface area contributed by atoms with Gasteiger partial charge in [0.2, 0.25) is 0 Å². The number of carbonyl (C=O) groups excluding carboxylic acids is 3. The molecule has 2 aromatic rings. The first-order valence-corrected chi connectivity index (χ1v) is 6.81. The number of nitrogens with one attached hydrogen (secondary N) is 1. The van der Waals surface area contributed by atoms with Crippen molar-refractivity contribution in [2.75, 3.05) is 6.54 Å². The number of rotatable bonds is 1. The van der Waals surface area contributed by atoms with Crippen LogP contribution in [0.3, 0.4) is 0 Å². The summed E-state index contributed by atoms with van der Waals surface area (Å²) in [5.41, 5.74) is 3.21.